The second-order valence-electron chi connectivity index (χ2n) is 5.58. The van der Waals surface area contributed by atoms with Crippen LogP contribution in [0, 0.1) is 0 Å². The molecule has 0 aliphatic carbocycles. The van der Waals surface area contributed by atoms with Gasteiger partial charge in [-0.1, -0.05) is 48.9 Å². The first kappa shape index (κ1) is 16.5. The van der Waals surface area contributed by atoms with Gasteiger partial charge in [-0.2, -0.15) is 0 Å². The van der Waals surface area contributed by atoms with Crippen LogP contribution in [-0.4, -0.2) is 31.9 Å². The van der Waals surface area contributed by atoms with Crippen LogP contribution in [0.5, 0.6) is 0 Å². The van der Waals surface area contributed by atoms with Crippen LogP contribution in [0.4, 0.5) is 0 Å². The average Bonchev–Trinajstić information content (AvgIpc) is 2.93. The van der Waals surface area contributed by atoms with Crippen molar-refractivity contribution in [2.45, 2.75) is 20.0 Å². The topological polar surface area (TPSA) is 57.8 Å². The summed E-state index contributed by atoms with van der Waals surface area (Å²) in [6.07, 6.45) is 1.71. The fourth-order valence-corrected chi connectivity index (χ4v) is 2.88. The van der Waals surface area contributed by atoms with Gasteiger partial charge >= 0.3 is 5.97 Å². The molecule has 2 heterocycles. The van der Waals surface area contributed by atoms with E-state index in [4.69, 9.17) is 11.6 Å². The molecule has 24 heavy (non-hydrogen) atoms. The molecule has 1 N–H and O–H groups in total. The molecule has 0 saturated carbocycles. The minimum atomic E-state index is -1.03. The van der Waals surface area contributed by atoms with Gasteiger partial charge in [0.1, 0.15) is 5.65 Å². The zero-order chi connectivity index (χ0) is 17.1. The Morgan fingerprint density at radius 2 is 1.96 bits per heavy atom. The first-order chi connectivity index (χ1) is 11.6. The zero-order valence-electron chi connectivity index (χ0n) is 13.3. The Hall–Kier alpha value is -2.37. The predicted molar refractivity (Wildman–Crippen MR) is 93.4 cm³/mol. The number of imidazole rings is 1. The van der Waals surface area contributed by atoms with E-state index in [-0.39, 0.29) is 5.69 Å². The zero-order valence-corrected chi connectivity index (χ0v) is 14.1. The van der Waals surface area contributed by atoms with Gasteiger partial charge in [-0.15, -0.1) is 0 Å². The summed E-state index contributed by atoms with van der Waals surface area (Å²) in [5, 5.41) is 10.0. The van der Waals surface area contributed by atoms with Crippen molar-refractivity contribution in [2.24, 2.45) is 0 Å². The fourth-order valence-electron chi connectivity index (χ4n) is 2.72. The maximum Gasteiger partial charge on any atom is 0.356 e. The Balaban J connectivity index is 1.96. The molecule has 0 atom stereocenters. The van der Waals surface area contributed by atoms with Gasteiger partial charge in [-0.05, 0) is 24.2 Å². The number of benzene rings is 1. The summed E-state index contributed by atoms with van der Waals surface area (Å²) in [7, 11) is 0. The maximum atomic E-state index is 11.6. The van der Waals surface area contributed by atoms with E-state index in [0.717, 1.165) is 13.1 Å². The molecular weight excluding hydrogens is 326 g/mol. The van der Waals surface area contributed by atoms with Crippen LogP contribution in [0.3, 0.4) is 0 Å². The predicted octanol–water partition coefficient (Wildman–Crippen LogP) is 3.71. The number of aromatic nitrogens is 2. The molecule has 124 valence electrons. The third-order valence-corrected chi connectivity index (χ3v) is 4.18. The molecule has 5 nitrogen and oxygen atoms in total. The number of aromatic carboxylic acids is 1. The molecule has 3 aromatic rings. The molecule has 0 bridgehead atoms. The number of carbonyl (C=O) groups is 1. The van der Waals surface area contributed by atoms with Crippen molar-refractivity contribution in [3.8, 4) is 0 Å². The average molecular weight is 344 g/mol. The summed E-state index contributed by atoms with van der Waals surface area (Å²) in [5.41, 5.74) is 2.48. The summed E-state index contributed by atoms with van der Waals surface area (Å²) in [5.74, 6) is -1.03. The molecule has 0 radical (unpaired) electrons. The van der Waals surface area contributed by atoms with E-state index in [1.165, 1.54) is 5.56 Å². The van der Waals surface area contributed by atoms with Gasteiger partial charge in [-0.3, -0.25) is 4.90 Å². The van der Waals surface area contributed by atoms with Gasteiger partial charge in [0.15, 0.2) is 5.69 Å². The number of halogens is 1. The third-order valence-electron chi connectivity index (χ3n) is 3.95. The fraction of sp³-hybridized carbons (Fsp3) is 0.222. The molecule has 6 heteroatoms. The van der Waals surface area contributed by atoms with Gasteiger partial charge in [0, 0.05) is 19.3 Å². The largest absolute Gasteiger partial charge is 0.476 e. The Kier molecular flexibility index (Phi) is 4.83. The van der Waals surface area contributed by atoms with Crippen LogP contribution in [0.15, 0.2) is 48.7 Å². The first-order valence-electron chi connectivity index (χ1n) is 7.74. The second-order valence-corrected chi connectivity index (χ2v) is 6.01. The Labute approximate surface area is 145 Å². The number of hydrogen-bond donors (Lipinski definition) is 1. The smallest absolute Gasteiger partial charge is 0.356 e. The number of carboxylic acid groups (broad SMARTS) is 1. The lowest BCUT2D eigenvalue weighted by Crippen LogP contribution is -2.24. The van der Waals surface area contributed by atoms with Crippen LogP contribution in [-0.2, 0) is 13.1 Å². The van der Waals surface area contributed by atoms with Crippen molar-refractivity contribution in [1.29, 1.82) is 0 Å². The SMILES string of the molecule is CCN(Cc1ccccc1)Cc1c(C(=O)O)nc2ccc(Cl)cn12. The molecule has 0 saturated heterocycles. The molecule has 0 fully saturated rings. The lowest BCUT2D eigenvalue weighted by Gasteiger charge is -2.20. The molecule has 3 rings (SSSR count). The van der Waals surface area contributed by atoms with E-state index in [1.54, 1.807) is 22.7 Å². The Morgan fingerprint density at radius 3 is 2.62 bits per heavy atom. The number of rotatable bonds is 6. The molecule has 2 aromatic heterocycles. The van der Waals surface area contributed by atoms with Crippen molar-refractivity contribution >= 4 is 23.2 Å². The van der Waals surface area contributed by atoms with Crippen LogP contribution >= 0.6 is 11.6 Å². The van der Waals surface area contributed by atoms with E-state index in [9.17, 15) is 9.90 Å². The van der Waals surface area contributed by atoms with Gasteiger partial charge in [0.2, 0.25) is 0 Å². The van der Waals surface area contributed by atoms with Crippen molar-refractivity contribution < 1.29 is 9.90 Å². The third kappa shape index (κ3) is 3.42. The van der Waals surface area contributed by atoms with Crippen LogP contribution in [0.1, 0.15) is 28.7 Å². The maximum absolute atomic E-state index is 11.6. The van der Waals surface area contributed by atoms with Crippen LogP contribution < -0.4 is 0 Å². The second kappa shape index (κ2) is 7.03. The van der Waals surface area contributed by atoms with E-state index < -0.39 is 5.97 Å². The quantitative estimate of drug-likeness (QED) is 0.741. The Bertz CT molecular complexity index is 861. The highest BCUT2D eigenvalue weighted by molar-refractivity contribution is 6.30. The van der Waals surface area contributed by atoms with Crippen molar-refractivity contribution in [2.75, 3.05) is 6.54 Å². The Morgan fingerprint density at radius 1 is 1.21 bits per heavy atom. The highest BCUT2D eigenvalue weighted by atomic mass is 35.5. The number of fused-ring (bicyclic) bond motifs is 1. The standard InChI is InChI=1S/C18H18ClN3O2/c1-2-21(10-13-6-4-3-5-7-13)12-15-17(18(23)24)20-16-9-8-14(19)11-22(15)16/h3-9,11H,2,10,12H2,1H3,(H,23,24). The number of nitrogens with zero attached hydrogens (tertiary/aromatic N) is 3. The minimum Gasteiger partial charge on any atom is -0.476 e. The van der Waals surface area contributed by atoms with Gasteiger partial charge in [-0.25, -0.2) is 9.78 Å². The molecule has 0 unspecified atom stereocenters. The highest BCUT2D eigenvalue weighted by Gasteiger charge is 2.20. The van der Waals surface area contributed by atoms with Gasteiger partial charge in [0.25, 0.3) is 0 Å². The molecular formula is C18H18ClN3O2. The normalized spacial score (nSPS) is 11.3. The lowest BCUT2D eigenvalue weighted by molar-refractivity contribution is 0.0688. The lowest BCUT2D eigenvalue weighted by atomic mass is 10.2. The summed E-state index contributed by atoms with van der Waals surface area (Å²) in [6.45, 7) is 4.07. The summed E-state index contributed by atoms with van der Waals surface area (Å²) in [6, 6.07) is 13.5. The van der Waals surface area contributed by atoms with Crippen LogP contribution in [0.2, 0.25) is 5.02 Å². The molecule has 0 aliphatic rings. The van der Waals surface area contributed by atoms with Crippen molar-refractivity contribution in [1.82, 2.24) is 14.3 Å². The highest BCUT2D eigenvalue weighted by Crippen LogP contribution is 2.19. The molecule has 1 aromatic carbocycles. The first-order valence-corrected chi connectivity index (χ1v) is 8.12. The van der Waals surface area contributed by atoms with E-state index in [0.29, 0.717) is 22.9 Å². The molecule has 0 aliphatic heterocycles. The van der Waals surface area contributed by atoms with E-state index in [1.807, 2.05) is 18.2 Å². The van der Waals surface area contributed by atoms with Gasteiger partial charge in [0.05, 0.1) is 10.7 Å². The summed E-state index contributed by atoms with van der Waals surface area (Å²) >= 11 is 6.07. The van der Waals surface area contributed by atoms with Gasteiger partial charge < -0.3 is 9.51 Å². The number of pyridine rings is 1. The van der Waals surface area contributed by atoms with E-state index >= 15 is 0 Å². The van der Waals surface area contributed by atoms with Crippen LogP contribution in [0.25, 0.3) is 5.65 Å². The monoisotopic (exact) mass is 343 g/mol. The molecule has 0 amide bonds. The minimum absolute atomic E-state index is 0.0729. The number of carboxylic acids is 1. The van der Waals surface area contributed by atoms with Crippen molar-refractivity contribution in [3.63, 3.8) is 0 Å². The molecule has 0 spiro atoms. The summed E-state index contributed by atoms with van der Waals surface area (Å²) in [4.78, 5) is 18.0. The van der Waals surface area contributed by atoms with E-state index in [2.05, 4.69) is 28.9 Å². The number of hydrogen-bond acceptors (Lipinski definition) is 3. The van der Waals surface area contributed by atoms with Crippen molar-refractivity contribution in [3.05, 3.63) is 70.6 Å². The summed E-state index contributed by atoms with van der Waals surface area (Å²) < 4.78 is 1.76.